The second kappa shape index (κ2) is 9.19. The van der Waals surface area contributed by atoms with Crippen molar-refractivity contribution in [1.82, 2.24) is 20.1 Å². The number of carbonyl (C=O) groups is 1. The molecule has 1 amide bonds. The maximum atomic E-state index is 12.4. The molecule has 0 fully saturated rings. The minimum Gasteiger partial charge on any atom is -0.461 e. The topological polar surface area (TPSA) is 73.0 Å². The van der Waals surface area contributed by atoms with E-state index in [0.29, 0.717) is 28.3 Å². The number of aromatic nitrogens is 3. The monoisotopic (exact) mass is 438 g/mol. The molecule has 6 nitrogen and oxygen atoms in total. The van der Waals surface area contributed by atoms with Crippen molar-refractivity contribution in [2.24, 2.45) is 0 Å². The van der Waals surface area contributed by atoms with Crippen LogP contribution in [0, 0.1) is 6.92 Å². The van der Waals surface area contributed by atoms with Crippen molar-refractivity contribution in [2.75, 3.05) is 5.75 Å². The second-order valence-electron chi connectivity index (χ2n) is 6.65. The number of halogens is 1. The Morgan fingerprint density at radius 3 is 2.57 bits per heavy atom. The summed E-state index contributed by atoms with van der Waals surface area (Å²) in [4.78, 5) is 12.4. The van der Waals surface area contributed by atoms with Crippen molar-refractivity contribution in [3.05, 3.63) is 83.1 Å². The van der Waals surface area contributed by atoms with Crippen LogP contribution < -0.4 is 5.32 Å². The van der Waals surface area contributed by atoms with Crippen LogP contribution in [0.4, 0.5) is 0 Å². The molecule has 1 N–H and O–H groups in total. The van der Waals surface area contributed by atoms with Crippen LogP contribution in [0.1, 0.15) is 11.1 Å². The van der Waals surface area contributed by atoms with Crippen LogP contribution in [0.15, 0.2) is 76.5 Å². The van der Waals surface area contributed by atoms with Crippen LogP contribution >= 0.6 is 23.4 Å². The van der Waals surface area contributed by atoms with Crippen molar-refractivity contribution in [2.45, 2.75) is 18.6 Å². The first kappa shape index (κ1) is 20.3. The SMILES string of the molecule is Cc1ccc(CNC(=O)CSc2nnc(-c3ccco3)n2-c2ccc(Cl)cc2)cc1. The number of hydrogen-bond acceptors (Lipinski definition) is 5. The lowest BCUT2D eigenvalue weighted by Crippen LogP contribution is -2.24. The van der Waals surface area contributed by atoms with Gasteiger partial charge in [-0.25, -0.2) is 0 Å². The minimum absolute atomic E-state index is 0.0780. The Kier molecular flexibility index (Phi) is 6.21. The lowest BCUT2D eigenvalue weighted by atomic mass is 10.1. The van der Waals surface area contributed by atoms with Crippen molar-refractivity contribution >= 4 is 29.3 Å². The van der Waals surface area contributed by atoms with E-state index in [1.807, 2.05) is 54.0 Å². The quantitative estimate of drug-likeness (QED) is 0.415. The minimum atomic E-state index is -0.0780. The van der Waals surface area contributed by atoms with Crippen LogP contribution in [-0.4, -0.2) is 26.4 Å². The fraction of sp³-hybridized carbons (Fsp3) is 0.136. The van der Waals surface area contributed by atoms with Gasteiger partial charge in [0.15, 0.2) is 10.9 Å². The lowest BCUT2D eigenvalue weighted by Gasteiger charge is -2.10. The van der Waals surface area contributed by atoms with Gasteiger partial charge in [-0.1, -0.05) is 53.2 Å². The number of carbonyl (C=O) groups excluding carboxylic acids is 1. The smallest absolute Gasteiger partial charge is 0.230 e. The van der Waals surface area contributed by atoms with Gasteiger partial charge >= 0.3 is 0 Å². The molecule has 0 aliphatic carbocycles. The summed E-state index contributed by atoms with van der Waals surface area (Å²) in [6.45, 7) is 2.52. The molecule has 4 rings (SSSR count). The number of amides is 1. The molecule has 0 radical (unpaired) electrons. The Morgan fingerprint density at radius 2 is 1.87 bits per heavy atom. The first-order valence-electron chi connectivity index (χ1n) is 9.30. The molecule has 4 aromatic rings. The molecule has 152 valence electrons. The Labute approximate surface area is 183 Å². The summed E-state index contributed by atoms with van der Waals surface area (Å²) in [5.41, 5.74) is 3.08. The highest BCUT2D eigenvalue weighted by molar-refractivity contribution is 7.99. The van der Waals surface area contributed by atoms with Crippen molar-refractivity contribution < 1.29 is 9.21 Å². The molecular weight excluding hydrogens is 420 g/mol. The first-order chi connectivity index (χ1) is 14.6. The van der Waals surface area contributed by atoms with E-state index in [9.17, 15) is 4.79 Å². The van der Waals surface area contributed by atoms with Crippen molar-refractivity contribution in [3.63, 3.8) is 0 Å². The number of rotatable bonds is 7. The molecule has 8 heteroatoms. The van der Waals surface area contributed by atoms with Crippen molar-refractivity contribution in [3.8, 4) is 17.3 Å². The number of thioether (sulfide) groups is 1. The van der Waals surface area contributed by atoms with E-state index >= 15 is 0 Å². The van der Waals surface area contributed by atoms with Gasteiger partial charge in [0, 0.05) is 17.3 Å². The lowest BCUT2D eigenvalue weighted by molar-refractivity contribution is -0.118. The zero-order chi connectivity index (χ0) is 20.9. The highest BCUT2D eigenvalue weighted by Crippen LogP contribution is 2.28. The fourth-order valence-corrected chi connectivity index (χ4v) is 3.75. The highest BCUT2D eigenvalue weighted by Gasteiger charge is 2.19. The van der Waals surface area contributed by atoms with E-state index in [1.54, 1.807) is 24.5 Å². The molecule has 0 aliphatic rings. The van der Waals surface area contributed by atoms with Gasteiger partial charge in [-0.05, 0) is 48.9 Å². The molecule has 0 spiro atoms. The molecule has 0 aliphatic heterocycles. The van der Waals surface area contributed by atoms with Gasteiger partial charge < -0.3 is 9.73 Å². The van der Waals surface area contributed by atoms with E-state index in [1.165, 1.54) is 17.3 Å². The molecule has 0 saturated heterocycles. The van der Waals surface area contributed by atoms with Crippen molar-refractivity contribution in [1.29, 1.82) is 0 Å². The van der Waals surface area contributed by atoms with Crippen LogP contribution in [0.25, 0.3) is 17.3 Å². The summed E-state index contributed by atoms with van der Waals surface area (Å²) in [5, 5.41) is 12.7. The summed E-state index contributed by atoms with van der Waals surface area (Å²) in [7, 11) is 0. The number of furan rings is 1. The third-order valence-electron chi connectivity index (χ3n) is 4.40. The zero-order valence-corrected chi connectivity index (χ0v) is 17.8. The van der Waals surface area contributed by atoms with E-state index in [2.05, 4.69) is 15.5 Å². The summed E-state index contributed by atoms with van der Waals surface area (Å²) < 4.78 is 7.36. The standard InChI is InChI=1S/C22H19ClN4O2S/c1-15-4-6-16(7-5-15)13-24-20(28)14-30-22-26-25-21(19-3-2-12-29-19)27(22)18-10-8-17(23)9-11-18/h2-12H,13-14H2,1H3,(H,24,28). The van der Waals surface area contributed by atoms with E-state index < -0.39 is 0 Å². The number of nitrogens with zero attached hydrogens (tertiary/aromatic N) is 3. The maximum Gasteiger partial charge on any atom is 0.230 e. The van der Waals surface area contributed by atoms with Crippen LogP contribution in [-0.2, 0) is 11.3 Å². The predicted octanol–water partition coefficient (Wildman–Crippen LogP) is 4.90. The Balaban J connectivity index is 1.49. The van der Waals surface area contributed by atoms with Gasteiger partial charge in [-0.2, -0.15) is 0 Å². The molecule has 2 aromatic carbocycles. The number of benzene rings is 2. The third-order valence-corrected chi connectivity index (χ3v) is 5.58. The average molecular weight is 439 g/mol. The molecule has 30 heavy (non-hydrogen) atoms. The number of hydrogen-bond donors (Lipinski definition) is 1. The second-order valence-corrected chi connectivity index (χ2v) is 8.03. The number of aryl methyl sites for hydroxylation is 1. The molecule has 0 atom stereocenters. The van der Waals surface area contributed by atoms with Gasteiger partial charge in [-0.15, -0.1) is 10.2 Å². The molecule has 2 heterocycles. The normalized spacial score (nSPS) is 10.9. The highest BCUT2D eigenvalue weighted by atomic mass is 35.5. The van der Waals surface area contributed by atoms with Gasteiger partial charge in [-0.3, -0.25) is 9.36 Å². The first-order valence-corrected chi connectivity index (χ1v) is 10.7. The number of nitrogens with one attached hydrogen (secondary N) is 1. The van der Waals surface area contributed by atoms with Gasteiger partial charge in [0.2, 0.25) is 11.7 Å². The van der Waals surface area contributed by atoms with E-state index in [0.717, 1.165) is 11.3 Å². The Bertz CT molecular complexity index is 1120. The predicted molar refractivity (Wildman–Crippen MR) is 118 cm³/mol. The largest absolute Gasteiger partial charge is 0.461 e. The maximum absolute atomic E-state index is 12.4. The summed E-state index contributed by atoms with van der Waals surface area (Å²) in [5.74, 6) is 1.29. The molecule has 2 aromatic heterocycles. The molecule has 0 unspecified atom stereocenters. The van der Waals surface area contributed by atoms with Gasteiger partial charge in [0.05, 0.1) is 12.0 Å². The Hall–Kier alpha value is -3.03. The van der Waals surface area contributed by atoms with E-state index in [-0.39, 0.29) is 11.7 Å². The third kappa shape index (κ3) is 4.75. The molecule has 0 bridgehead atoms. The average Bonchev–Trinajstić information content (AvgIpc) is 3.42. The van der Waals surface area contributed by atoms with E-state index in [4.69, 9.17) is 16.0 Å². The van der Waals surface area contributed by atoms with Crippen LogP contribution in [0.5, 0.6) is 0 Å². The van der Waals surface area contributed by atoms with Crippen LogP contribution in [0.2, 0.25) is 5.02 Å². The summed E-state index contributed by atoms with van der Waals surface area (Å²) in [6, 6.07) is 19.0. The van der Waals surface area contributed by atoms with Gasteiger partial charge in [0.1, 0.15) is 0 Å². The zero-order valence-electron chi connectivity index (χ0n) is 16.2. The molecule has 0 saturated carbocycles. The summed E-state index contributed by atoms with van der Waals surface area (Å²) >= 11 is 7.34. The van der Waals surface area contributed by atoms with Crippen LogP contribution in [0.3, 0.4) is 0 Å². The molecular formula is C22H19ClN4O2S. The summed E-state index contributed by atoms with van der Waals surface area (Å²) in [6.07, 6.45) is 1.58. The Morgan fingerprint density at radius 1 is 1.10 bits per heavy atom. The van der Waals surface area contributed by atoms with Gasteiger partial charge in [0.25, 0.3) is 0 Å². The fourth-order valence-electron chi connectivity index (χ4n) is 2.84.